The Labute approximate surface area is 80.7 Å². The number of hydrogen-bond acceptors (Lipinski definition) is 3. The molecular weight excluding hydrogens is 192 g/mol. The zero-order chi connectivity index (χ0) is 11.0. The molecule has 1 unspecified atom stereocenters. The fraction of sp³-hybridized carbons (Fsp3) is 0.714. The van der Waals surface area contributed by atoms with Gasteiger partial charge in [-0.15, -0.1) is 0 Å². The summed E-state index contributed by atoms with van der Waals surface area (Å²) in [5.41, 5.74) is 0. The number of amides is 2. The quantitative estimate of drug-likeness (QED) is 0.381. The van der Waals surface area contributed by atoms with Crippen molar-refractivity contribution in [2.45, 2.75) is 18.9 Å². The van der Waals surface area contributed by atoms with Crippen LogP contribution in [-0.2, 0) is 0 Å². The molecule has 0 aliphatic carbocycles. The van der Waals surface area contributed by atoms with Crippen LogP contribution in [0.5, 0.6) is 0 Å². The van der Waals surface area contributed by atoms with Gasteiger partial charge in [-0.1, -0.05) is 0 Å². The third kappa shape index (κ3) is 7.17. The molecule has 14 heavy (non-hydrogen) atoms. The van der Waals surface area contributed by atoms with Gasteiger partial charge in [-0.05, 0) is 12.8 Å². The Kier molecular flexibility index (Phi) is 6.21. The van der Waals surface area contributed by atoms with Crippen LogP contribution >= 0.6 is 0 Å². The molecule has 5 N–H and O–H groups in total. The molecular formula is C7H14N2O5. The molecule has 7 heteroatoms. The second-order valence-electron chi connectivity index (χ2n) is 2.70. The monoisotopic (exact) mass is 206 g/mol. The SMILES string of the molecule is O=C(O)NCCCC(CO)NC(=O)O. The highest BCUT2D eigenvalue weighted by molar-refractivity contribution is 5.65. The predicted octanol–water partition coefficient (Wildman–Crippen LogP) is -0.337. The van der Waals surface area contributed by atoms with E-state index in [-0.39, 0.29) is 13.2 Å². The largest absolute Gasteiger partial charge is 0.465 e. The minimum absolute atomic E-state index is 0.243. The van der Waals surface area contributed by atoms with Crippen molar-refractivity contribution in [3.05, 3.63) is 0 Å². The van der Waals surface area contributed by atoms with Crippen molar-refractivity contribution in [3.8, 4) is 0 Å². The van der Waals surface area contributed by atoms with Crippen LogP contribution < -0.4 is 10.6 Å². The van der Waals surface area contributed by atoms with Crippen molar-refractivity contribution in [3.63, 3.8) is 0 Å². The van der Waals surface area contributed by atoms with Crippen LogP contribution in [0, 0.1) is 0 Å². The van der Waals surface area contributed by atoms with E-state index < -0.39 is 18.2 Å². The van der Waals surface area contributed by atoms with Crippen molar-refractivity contribution in [2.75, 3.05) is 13.2 Å². The Bertz CT molecular complexity index is 197. The maximum absolute atomic E-state index is 10.2. The normalized spacial score (nSPS) is 11.8. The summed E-state index contributed by atoms with van der Waals surface area (Å²) in [5, 5.41) is 29.5. The number of carboxylic acid groups (broad SMARTS) is 2. The van der Waals surface area contributed by atoms with Crippen LogP contribution in [0.2, 0.25) is 0 Å². The second kappa shape index (κ2) is 6.96. The third-order valence-electron chi connectivity index (χ3n) is 1.55. The highest BCUT2D eigenvalue weighted by Gasteiger charge is 2.09. The molecule has 0 aromatic carbocycles. The first kappa shape index (κ1) is 12.5. The summed E-state index contributed by atoms with van der Waals surface area (Å²) < 4.78 is 0. The average Bonchev–Trinajstić information content (AvgIpc) is 2.09. The van der Waals surface area contributed by atoms with Gasteiger partial charge in [0.15, 0.2) is 0 Å². The standard InChI is InChI=1S/C7H14N2O5/c10-4-5(9-7(13)14)2-1-3-8-6(11)12/h5,8-10H,1-4H2,(H,11,12)(H,13,14). The van der Waals surface area contributed by atoms with Gasteiger partial charge in [-0.2, -0.15) is 0 Å². The fourth-order valence-corrected chi connectivity index (χ4v) is 0.928. The van der Waals surface area contributed by atoms with Crippen molar-refractivity contribution < 1.29 is 24.9 Å². The summed E-state index contributed by atoms with van der Waals surface area (Å²) in [6.45, 7) is -0.0491. The van der Waals surface area contributed by atoms with E-state index in [4.69, 9.17) is 15.3 Å². The maximum atomic E-state index is 10.2. The van der Waals surface area contributed by atoms with E-state index >= 15 is 0 Å². The van der Waals surface area contributed by atoms with Gasteiger partial charge in [0, 0.05) is 6.54 Å². The van der Waals surface area contributed by atoms with E-state index in [0.29, 0.717) is 12.8 Å². The Balaban J connectivity index is 3.52. The minimum atomic E-state index is -1.20. The van der Waals surface area contributed by atoms with E-state index in [1.165, 1.54) is 0 Å². The lowest BCUT2D eigenvalue weighted by Gasteiger charge is -2.13. The molecule has 0 saturated heterocycles. The molecule has 0 aliphatic rings. The summed E-state index contributed by atoms with van der Waals surface area (Å²) in [6.07, 6.45) is -1.45. The summed E-state index contributed by atoms with van der Waals surface area (Å²) >= 11 is 0. The van der Waals surface area contributed by atoms with Crippen molar-refractivity contribution in [1.82, 2.24) is 10.6 Å². The number of aliphatic hydroxyl groups excluding tert-OH is 1. The predicted molar refractivity (Wildman–Crippen MR) is 47.3 cm³/mol. The number of carbonyl (C=O) groups is 2. The summed E-state index contributed by atoms with van der Waals surface area (Å²) in [7, 11) is 0. The lowest BCUT2D eigenvalue weighted by molar-refractivity contribution is 0.174. The summed E-state index contributed by atoms with van der Waals surface area (Å²) in [6, 6.07) is -0.539. The Morgan fingerprint density at radius 2 is 1.86 bits per heavy atom. The van der Waals surface area contributed by atoms with Gasteiger partial charge in [-0.25, -0.2) is 9.59 Å². The topological polar surface area (TPSA) is 119 Å². The molecule has 0 bridgehead atoms. The lowest BCUT2D eigenvalue weighted by atomic mass is 10.2. The van der Waals surface area contributed by atoms with Gasteiger partial charge < -0.3 is 26.0 Å². The van der Waals surface area contributed by atoms with E-state index in [2.05, 4.69) is 10.6 Å². The number of rotatable bonds is 6. The average molecular weight is 206 g/mol. The van der Waals surface area contributed by atoms with Crippen LogP contribution in [0.1, 0.15) is 12.8 Å². The molecule has 0 saturated carbocycles. The molecule has 2 amide bonds. The Morgan fingerprint density at radius 1 is 1.21 bits per heavy atom. The van der Waals surface area contributed by atoms with Crippen molar-refractivity contribution >= 4 is 12.2 Å². The van der Waals surface area contributed by atoms with Crippen molar-refractivity contribution in [2.24, 2.45) is 0 Å². The first-order chi connectivity index (χ1) is 6.56. The lowest BCUT2D eigenvalue weighted by Crippen LogP contribution is -2.37. The van der Waals surface area contributed by atoms with Crippen LogP contribution in [0.3, 0.4) is 0 Å². The number of aliphatic hydroxyl groups is 1. The molecule has 0 rings (SSSR count). The molecule has 82 valence electrons. The smallest absolute Gasteiger partial charge is 0.404 e. The first-order valence-corrected chi connectivity index (χ1v) is 4.13. The Morgan fingerprint density at radius 3 is 2.29 bits per heavy atom. The maximum Gasteiger partial charge on any atom is 0.404 e. The van der Waals surface area contributed by atoms with Crippen molar-refractivity contribution in [1.29, 1.82) is 0 Å². The zero-order valence-corrected chi connectivity index (χ0v) is 7.56. The van der Waals surface area contributed by atoms with Gasteiger partial charge in [0.25, 0.3) is 0 Å². The van der Waals surface area contributed by atoms with E-state index in [0.717, 1.165) is 0 Å². The van der Waals surface area contributed by atoms with E-state index in [1.807, 2.05) is 0 Å². The van der Waals surface area contributed by atoms with E-state index in [1.54, 1.807) is 0 Å². The zero-order valence-electron chi connectivity index (χ0n) is 7.56. The molecule has 0 fully saturated rings. The summed E-state index contributed by atoms with van der Waals surface area (Å²) in [5.74, 6) is 0. The fourth-order valence-electron chi connectivity index (χ4n) is 0.928. The van der Waals surface area contributed by atoms with Gasteiger partial charge in [0.05, 0.1) is 12.6 Å². The van der Waals surface area contributed by atoms with Gasteiger partial charge in [0.1, 0.15) is 0 Å². The molecule has 7 nitrogen and oxygen atoms in total. The molecule has 0 aliphatic heterocycles. The molecule has 0 heterocycles. The van der Waals surface area contributed by atoms with Gasteiger partial charge >= 0.3 is 12.2 Å². The third-order valence-corrected chi connectivity index (χ3v) is 1.55. The van der Waals surface area contributed by atoms with Crippen LogP contribution in [0.4, 0.5) is 9.59 Å². The molecule has 0 spiro atoms. The first-order valence-electron chi connectivity index (χ1n) is 4.13. The summed E-state index contributed by atoms with van der Waals surface area (Å²) in [4.78, 5) is 20.2. The van der Waals surface area contributed by atoms with Crippen LogP contribution in [0.15, 0.2) is 0 Å². The highest BCUT2D eigenvalue weighted by atomic mass is 16.4. The van der Waals surface area contributed by atoms with E-state index in [9.17, 15) is 9.59 Å². The number of nitrogens with one attached hydrogen (secondary N) is 2. The van der Waals surface area contributed by atoms with Crippen LogP contribution in [0.25, 0.3) is 0 Å². The second-order valence-corrected chi connectivity index (χ2v) is 2.70. The van der Waals surface area contributed by atoms with Gasteiger partial charge in [0.2, 0.25) is 0 Å². The highest BCUT2D eigenvalue weighted by Crippen LogP contribution is 1.95. The minimum Gasteiger partial charge on any atom is -0.465 e. The molecule has 0 aromatic rings. The molecule has 0 radical (unpaired) electrons. The van der Waals surface area contributed by atoms with Gasteiger partial charge in [-0.3, -0.25) is 0 Å². The van der Waals surface area contributed by atoms with Crippen LogP contribution in [-0.4, -0.2) is 46.7 Å². The Hall–Kier alpha value is -1.50. The molecule has 1 atom stereocenters. The molecule has 0 aromatic heterocycles. The number of hydrogen-bond donors (Lipinski definition) is 5.